The second-order valence-corrected chi connectivity index (χ2v) is 3.21. The van der Waals surface area contributed by atoms with E-state index in [1.807, 2.05) is 6.07 Å². The lowest BCUT2D eigenvalue weighted by atomic mass is 10.0. The molecule has 16 heavy (non-hydrogen) atoms. The first-order chi connectivity index (χ1) is 7.67. The number of alkyl halides is 1. The summed E-state index contributed by atoms with van der Waals surface area (Å²) in [5, 5.41) is 8.87. The Labute approximate surface area is 98.3 Å². The van der Waals surface area contributed by atoms with Crippen LogP contribution in [0.2, 0.25) is 0 Å². The summed E-state index contributed by atoms with van der Waals surface area (Å²) in [6, 6.07) is 4.96. The summed E-state index contributed by atoms with van der Waals surface area (Å²) in [4.78, 5) is 11.4. The highest BCUT2D eigenvalue weighted by Crippen LogP contribution is 2.24. The molecule has 1 aromatic rings. The molecule has 0 heterocycles. The Balaban J connectivity index is 3.38. The molecule has 0 spiro atoms. The van der Waals surface area contributed by atoms with Gasteiger partial charge >= 0.3 is 5.97 Å². The molecular formula is C11H10ClNO3. The van der Waals surface area contributed by atoms with E-state index in [0.717, 1.165) is 0 Å². The van der Waals surface area contributed by atoms with Crippen LogP contribution in [0.4, 0.5) is 0 Å². The van der Waals surface area contributed by atoms with Crippen LogP contribution in [-0.2, 0) is 10.6 Å². The molecule has 0 N–H and O–H groups in total. The second-order valence-electron chi connectivity index (χ2n) is 2.95. The molecular weight excluding hydrogens is 230 g/mol. The molecule has 5 heteroatoms. The van der Waals surface area contributed by atoms with E-state index in [9.17, 15) is 4.79 Å². The van der Waals surface area contributed by atoms with Crippen LogP contribution < -0.4 is 4.74 Å². The van der Waals surface area contributed by atoms with Crippen molar-refractivity contribution in [2.45, 2.75) is 5.88 Å². The van der Waals surface area contributed by atoms with Crippen molar-refractivity contribution in [3.05, 3.63) is 28.8 Å². The smallest absolute Gasteiger partial charge is 0.338 e. The largest absolute Gasteiger partial charge is 0.495 e. The van der Waals surface area contributed by atoms with E-state index in [-0.39, 0.29) is 5.88 Å². The molecule has 4 nitrogen and oxygen atoms in total. The lowest BCUT2D eigenvalue weighted by Crippen LogP contribution is -2.06. The molecule has 0 unspecified atom stereocenters. The number of nitriles is 1. The maximum absolute atomic E-state index is 11.4. The van der Waals surface area contributed by atoms with Crippen LogP contribution in [0.3, 0.4) is 0 Å². The molecule has 0 atom stereocenters. The van der Waals surface area contributed by atoms with Crippen LogP contribution in [0.25, 0.3) is 0 Å². The van der Waals surface area contributed by atoms with Crippen LogP contribution >= 0.6 is 11.6 Å². The minimum atomic E-state index is -0.501. The first-order valence-electron chi connectivity index (χ1n) is 4.43. The molecule has 0 fully saturated rings. The number of nitrogens with zero attached hydrogens (tertiary/aromatic N) is 1. The Bertz CT molecular complexity index is 451. The number of esters is 1. The molecule has 0 bridgehead atoms. The summed E-state index contributed by atoms with van der Waals surface area (Å²) < 4.78 is 9.61. The van der Waals surface area contributed by atoms with E-state index in [4.69, 9.17) is 21.6 Å². The van der Waals surface area contributed by atoms with E-state index in [2.05, 4.69) is 4.74 Å². The lowest BCUT2D eigenvalue weighted by Gasteiger charge is -2.09. The molecule has 1 rings (SSSR count). The van der Waals surface area contributed by atoms with E-state index in [1.165, 1.54) is 26.4 Å². The zero-order chi connectivity index (χ0) is 12.1. The van der Waals surface area contributed by atoms with Gasteiger partial charge < -0.3 is 9.47 Å². The third-order valence-electron chi connectivity index (χ3n) is 2.10. The molecule has 0 amide bonds. The van der Waals surface area contributed by atoms with Gasteiger partial charge in [0.05, 0.1) is 25.3 Å². The fourth-order valence-corrected chi connectivity index (χ4v) is 1.51. The van der Waals surface area contributed by atoms with E-state index < -0.39 is 5.97 Å². The molecule has 0 aliphatic carbocycles. The predicted molar refractivity (Wildman–Crippen MR) is 58.6 cm³/mol. The van der Waals surface area contributed by atoms with Crippen molar-refractivity contribution in [3.8, 4) is 11.8 Å². The molecule has 1 aromatic carbocycles. The van der Waals surface area contributed by atoms with Gasteiger partial charge in [-0.15, -0.1) is 11.6 Å². The normalized spacial score (nSPS) is 9.38. The van der Waals surface area contributed by atoms with Crippen molar-refractivity contribution in [1.82, 2.24) is 0 Å². The number of carbonyl (C=O) groups excluding carboxylic acids is 1. The van der Waals surface area contributed by atoms with Gasteiger partial charge in [-0.2, -0.15) is 5.26 Å². The first-order valence-corrected chi connectivity index (χ1v) is 4.96. The molecule has 84 valence electrons. The average Bonchev–Trinajstić information content (AvgIpc) is 2.35. The summed E-state index contributed by atoms with van der Waals surface area (Å²) in [5.41, 5.74) is 1.20. The highest BCUT2D eigenvalue weighted by atomic mass is 35.5. The quantitative estimate of drug-likeness (QED) is 0.599. The Morgan fingerprint density at radius 1 is 1.50 bits per heavy atom. The van der Waals surface area contributed by atoms with Gasteiger partial charge in [0, 0.05) is 5.88 Å². The molecule has 0 radical (unpaired) electrons. The molecule has 0 aliphatic rings. The third-order valence-corrected chi connectivity index (χ3v) is 2.38. The number of hydrogen-bond donors (Lipinski definition) is 0. The molecule has 0 saturated carbocycles. The highest BCUT2D eigenvalue weighted by Gasteiger charge is 2.15. The topological polar surface area (TPSA) is 59.3 Å². The number of halogens is 1. The van der Waals surface area contributed by atoms with Gasteiger partial charge in [0.15, 0.2) is 0 Å². The maximum Gasteiger partial charge on any atom is 0.338 e. The summed E-state index contributed by atoms with van der Waals surface area (Å²) in [5.74, 6) is -0.0430. The van der Waals surface area contributed by atoms with Gasteiger partial charge in [0.25, 0.3) is 0 Å². The average molecular weight is 240 g/mol. The summed E-state index contributed by atoms with van der Waals surface area (Å²) in [6.07, 6.45) is 0. The zero-order valence-corrected chi connectivity index (χ0v) is 9.67. The van der Waals surface area contributed by atoms with Gasteiger partial charge in [-0.05, 0) is 17.7 Å². The maximum atomic E-state index is 11.4. The van der Waals surface area contributed by atoms with Crippen LogP contribution in [0.1, 0.15) is 21.5 Å². The Kier molecular flexibility index (Phi) is 4.15. The number of carbonyl (C=O) groups is 1. The SMILES string of the molecule is COC(=O)c1cc(OC)c(C#N)cc1CCl. The van der Waals surface area contributed by atoms with Crippen molar-refractivity contribution in [2.24, 2.45) is 0 Å². The molecule has 0 aliphatic heterocycles. The number of hydrogen-bond acceptors (Lipinski definition) is 4. The number of methoxy groups -OCH3 is 2. The summed E-state index contributed by atoms with van der Waals surface area (Å²) >= 11 is 5.70. The van der Waals surface area contributed by atoms with Gasteiger partial charge in [-0.3, -0.25) is 0 Å². The van der Waals surface area contributed by atoms with Crippen molar-refractivity contribution < 1.29 is 14.3 Å². The first kappa shape index (κ1) is 12.3. The Morgan fingerprint density at radius 2 is 2.19 bits per heavy atom. The van der Waals surface area contributed by atoms with Crippen LogP contribution in [-0.4, -0.2) is 20.2 Å². The lowest BCUT2D eigenvalue weighted by molar-refractivity contribution is 0.0599. The highest BCUT2D eigenvalue weighted by molar-refractivity contribution is 6.17. The monoisotopic (exact) mass is 239 g/mol. The predicted octanol–water partition coefficient (Wildman–Crippen LogP) is 2.09. The van der Waals surface area contributed by atoms with Gasteiger partial charge in [0.2, 0.25) is 0 Å². The fraction of sp³-hybridized carbons (Fsp3) is 0.273. The van der Waals surface area contributed by atoms with Crippen molar-refractivity contribution in [3.63, 3.8) is 0 Å². The Hall–Kier alpha value is -1.73. The van der Waals surface area contributed by atoms with Crippen molar-refractivity contribution in [1.29, 1.82) is 5.26 Å². The van der Waals surface area contributed by atoms with E-state index in [0.29, 0.717) is 22.4 Å². The van der Waals surface area contributed by atoms with Gasteiger partial charge in [-0.25, -0.2) is 4.79 Å². The van der Waals surface area contributed by atoms with E-state index in [1.54, 1.807) is 0 Å². The van der Waals surface area contributed by atoms with Crippen molar-refractivity contribution >= 4 is 17.6 Å². The van der Waals surface area contributed by atoms with Crippen LogP contribution in [0.5, 0.6) is 5.75 Å². The zero-order valence-electron chi connectivity index (χ0n) is 8.91. The number of ether oxygens (including phenoxy) is 2. The number of rotatable bonds is 3. The van der Waals surface area contributed by atoms with E-state index >= 15 is 0 Å². The molecule has 0 aromatic heterocycles. The minimum absolute atomic E-state index is 0.128. The summed E-state index contributed by atoms with van der Waals surface area (Å²) in [6.45, 7) is 0. The van der Waals surface area contributed by atoms with Crippen molar-refractivity contribution in [2.75, 3.05) is 14.2 Å². The summed E-state index contributed by atoms with van der Waals surface area (Å²) in [7, 11) is 2.71. The fourth-order valence-electron chi connectivity index (χ4n) is 1.29. The standard InChI is InChI=1S/C11H10ClNO3/c1-15-10-4-9(11(14)16-2)7(5-12)3-8(10)6-13/h3-4H,5H2,1-2H3. The minimum Gasteiger partial charge on any atom is -0.495 e. The van der Waals surface area contributed by atoms with Gasteiger partial charge in [-0.1, -0.05) is 0 Å². The Morgan fingerprint density at radius 3 is 2.62 bits per heavy atom. The number of benzene rings is 1. The van der Waals surface area contributed by atoms with Crippen LogP contribution in [0, 0.1) is 11.3 Å². The second kappa shape index (κ2) is 5.38. The van der Waals surface area contributed by atoms with Gasteiger partial charge in [0.1, 0.15) is 11.8 Å². The van der Waals surface area contributed by atoms with Crippen LogP contribution in [0.15, 0.2) is 12.1 Å². The third kappa shape index (κ3) is 2.26. The molecule has 0 saturated heterocycles.